The van der Waals surface area contributed by atoms with E-state index in [1.807, 2.05) is 13.1 Å². The Balaban J connectivity index is 1.46. The van der Waals surface area contributed by atoms with E-state index in [4.69, 9.17) is 0 Å². The molecule has 2 heterocycles. The second-order valence-corrected chi connectivity index (χ2v) is 10.3. The van der Waals surface area contributed by atoms with Crippen molar-refractivity contribution >= 4 is 17.3 Å². The van der Waals surface area contributed by atoms with Crippen LogP contribution in [0.5, 0.6) is 0 Å². The van der Waals surface area contributed by atoms with E-state index in [0.29, 0.717) is 34.1 Å². The summed E-state index contributed by atoms with van der Waals surface area (Å²) in [4.78, 5) is 14.8. The van der Waals surface area contributed by atoms with E-state index in [-0.39, 0.29) is 17.7 Å². The van der Waals surface area contributed by atoms with E-state index >= 15 is 0 Å². The molecule has 0 atom stereocenters. The maximum Gasteiger partial charge on any atom is 0.416 e. The fourth-order valence-corrected chi connectivity index (χ4v) is 5.23. The van der Waals surface area contributed by atoms with Gasteiger partial charge in [0.1, 0.15) is 6.33 Å². The molecule has 0 radical (unpaired) electrons. The Hall–Kier alpha value is -4.65. The van der Waals surface area contributed by atoms with Crippen molar-refractivity contribution in [3.63, 3.8) is 0 Å². The summed E-state index contributed by atoms with van der Waals surface area (Å²) in [6.45, 7) is 0.539. The summed E-state index contributed by atoms with van der Waals surface area (Å²) in [5.41, 5.74) is 2.99. The third-order valence-corrected chi connectivity index (χ3v) is 7.49. The highest BCUT2D eigenvalue weighted by atomic mass is 19.4. The lowest BCUT2D eigenvalue weighted by Gasteiger charge is -2.20. The zero-order chi connectivity index (χ0) is 28.0. The first kappa shape index (κ1) is 25.6. The number of benzene rings is 3. The van der Waals surface area contributed by atoms with Gasteiger partial charge in [-0.3, -0.25) is 4.79 Å². The van der Waals surface area contributed by atoms with E-state index < -0.39 is 17.6 Å². The lowest BCUT2D eigenvalue weighted by atomic mass is 9.95. The average molecular weight is 543 g/mol. The number of rotatable bonds is 7. The summed E-state index contributed by atoms with van der Waals surface area (Å²) in [6, 6.07) is 16.6. The van der Waals surface area contributed by atoms with Crippen molar-refractivity contribution in [3.8, 4) is 28.6 Å². The summed E-state index contributed by atoms with van der Waals surface area (Å²) in [5, 5.41) is 21.3. The Labute approximate surface area is 228 Å². The van der Waals surface area contributed by atoms with Gasteiger partial charge in [0.2, 0.25) is 0 Å². The molecule has 1 aromatic heterocycles. The van der Waals surface area contributed by atoms with Crippen molar-refractivity contribution in [2.75, 3.05) is 16.8 Å². The van der Waals surface area contributed by atoms with E-state index in [0.717, 1.165) is 30.3 Å². The van der Waals surface area contributed by atoms with Gasteiger partial charge in [0.15, 0.2) is 5.82 Å². The van der Waals surface area contributed by atoms with Crippen LogP contribution in [-0.2, 0) is 19.8 Å². The van der Waals surface area contributed by atoms with Gasteiger partial charge in [-0.25, -0.2) is 0 Å². The van der Waals surface area contributed by atoms with Gasteiger partial charge in [-0.15, -0.1) is 10.2 Å². The summed E-state index contributed by atoms with van der Waals surface area (Å²) in [7, 11) is 1.82. The average Bonchev–Trinajstić information content (AvgIpc) is 3.57. The molecule has 0 spiro atoms. The number of anilines is 2. The van der Waals surface area contributed by atoms with Crippen molar-refractivity contribution < 1.29 is 18.0 Å². The van der Waals surface area contributed by atoms with Gasteiger partial charge in [-0.05, 0) is 77.6 Å². The van der Waals surface area contributed by atoms with Gasteiger partial charge in [-0.2, -0.15) is 18.4 Å². The number of halogens is 3. The van der Waals surface area contributed by atoms with Crippen LogP contribution in [0.25, 0.3) is 22.5 Å². The van der Waals surface area contributed by atoms with Crippen LogP contribution < -0.4 is 10.2 Å². The molecule has 0 bridgehead atoms. The Morgan fingerprint density at radius 3 is 2.60 bits per heavy atom. The van der Waals surface area contributed by atoms with E-state index in [1.54, 1.807) is 41.2 Å². The van der Waals surface area contributed by atoms with Crippen molar-refractivity contribution in [2.24, 2.45) is 13.0 Å². The summed E-state index contributed by atoms with van der Waals surface area (Å²) >= 11 is 0. The van der Waals surface area contributed by atoms with Crippen molar-refractivity contribution in [3.05, 3.63) is 83.2 Å². The minimum atomic E-state index is -4.57. The SMILES string of the molecule is Cn1cnnc1-c1ccc(C#N)cc1-c1cc(NCCC2CC2)cc(N2Cc3c(cccc3C(F)(F)F)C2=O)c1. The van der Waals surface area contributed by atoms with Crippen LogP contribution in [-0.4, -0.2) is 27.2 Å². The fourth-order valence-electron chi connectivity index (χ4n) is 5.23. The van der Waals surface area contributed by atoms with Gasteiger partial charge in [0.25, 0.3) is 5.91 Å². The van der Waals surface area contributed by atoms with E-state index in [1.165, 1.54) is 29.9 Å². The van der Waals surface area contributed by atoms with Crippen LogP contribution >= 0.6 is 0 Å². The second kappa shape index (κ2) is 9.83. The molecule has 0 unspecified atom stereocenters. The molecule has 2 aliphatic rings. The molecular weight excluding hydrogens is 517 g/mol. The Morgan fingerprint density at radius 2 is 1.90 bits per heavy atom. The molecule has 1 N–H and O–H groups in total. The quantitative estimate of drug-likeness (QED) is 0.292. The summed E-state index contributed by atoms with van der Waals surface area (Å²) in [5.74, 6) is 0.814. The van der Waals surface area contributed by atoms with Crippen molar-refractivity contribution in [2.45, 2.75) is 32.0 Å². The molecule has 1 saturated carbocycles. The number of carbonyl (C=O) groups excluding carboxylic acids is 1. The van der Waals surface area contributed by atoms with Crippen LogP contribution in [0.2, 0.25) is 0 Å². The number of nitriles is 1. The Kier molecular flexibility index (Phi) is 6.29. The molecule has 7 nitrogen and oxygen atoms in total. The maximum atomic E-state index is 13.8. The number of nitrogens with zero attached hydrogens (tertiary/aromatic N) is 5. The van der Waals surface area contributed by atoms with Crippen LogP contribution in [0.15, 0.2) is 60.9 Å². The second-order valence-electron chi connectivity index (χ2n) is 10.3. The van der Waals surface area contributed by atoms with Crippen molar-refractivity contribution in [1.29, 1.82) is 5.26 Å². The van der Waals surface area contributed by atoms with Crippen LogP contribution in [0.1, 0.15) is 46.3 Å². The number of fused-ring (bicyclic) bond motifs is 1. The van der Waals surface area contributed by atoms with E-state index in [2.05, 4.69) is 21.6 Å². The number of aryl methyl sites for hydroxylation is 1. The minimum absolute atomic E-state index is 0.0279. The summed E-state index contributed by atoms with van der Waals surface area (Å²) < 4.78 is 43.1. The standard InChI is InChI=1S/C30H25F3N6O/c1-38-17-36-37-28(38)23-8-7-19(15-34)11-25(23)20-12-21(35-10-9-18-5-6-18)14-22(13-20)39-16-26-24(29(39)40)3-2-4-27(26)30(31,32)33/h2-4,7-8,11-14,17-18,35H,5-6,9-10,16H2,1H3. The topological polar surface area (TPSA) is 86.8 Å². The third-order valence-electron chi connectivity index (χ3n) is 7.49. The van der Waals surface area contributed by atoms with Gasteiger partial charge in [-0.1, -0.05) is 18.9 Å². The lowest BCUT2D eigenvalue weighted by Crippen LogP contribution is -2.23. The zero-order valence-electron chi connectivity index (χ0n) is 21.7. The normalized spacial score (nSPS) is 14.8. The highest BCUT2D eigenvalue weighted by molar-refractivity contribution is 6.11. The first-order valence-corrected chi connectivity index (χ1v) is 13.0. The van der Waals surface area contributed by atoms with Crippen LogP contribution in [0.3, 0.4) is 0 Å². The number of carbonyl (C=O) groups is 1. The number of aromatic nitrogens is 3. The van der Waals surface area contributed by atoms with Gasteiger partial charge in [0.05, 0.1) is 23.7 Å². The minimum Gasteiger partial charge on any atom is -0.385 e. The highest BCUT2D eigenvalue weighted by Crippen LogP contribution is 2.41. The Morgan fingerprint density at radius 1 is 1.07 bits per heavy atom. The lowest BCUT2D eigenvalue weighted by molar-refractivity contribution is -0.138. The first-order chi connectivity index (χ1) is 19.2. The van der Waals surface area contributed by atoms with E-state index in [9.17, 15) is 23.2 Å². The molecule has 4 aromatic rings. The smallest absolute Gasteiger partial charge is 0.385 e. The highest BCUT2D eigenvalue weighted by Gasteiger charge is 2.39. The predicted octanol–water partition coefficient (Wildman–Crippen LogP) is 6.41. The molecule has 1 aliphatic heterocycles. The monoisotopic (exact) mass is 542 g/mol. The fraction of sp³-hybridized carbons (Fsp3) is 0.267. The molecule has 1 fully saturated rings. The number of hydrogen-bond acceptors (Lipinski definition) is 5. The molecule has 3 aromatic carbocycles. The molecule has 1 amide bonds. The maximum absolute atomic E-state index is 13.8. The molecular formula is C30H25F3N6O. The molecule has 1 aliphatic carbocycles. The number of nitrogens with one attached hydrogen (secondary N) is 1. The van der Waals surface area contributed by atoms with Crippen LogP contribution in [0, 0.1) is 17.2 Å². The number of hydrogen-bond donors (Lipinski definition) is 1. The number of alkyl halides is 3. The molecule has 0 saturated heterocycles. The number of amides is 1. The van der Waals surface area contributed by atoms with Crippen LogP contribution in [0.4, 0.5) is 24.5 Å². The summed E-state index contributed by atoms with van der Waals surface area (Å²) in [6.07, 6.45) is 0.462. The van der Waals surface area contributed by atoms with Gasteiger partial charge < -0.3 is 14.8 Å². The molecule has 202 valence electrons. The molecule has 40 heavy (non-hydrogen) atoms. The molecule has 10 heteroatoms. The first-order valence-electron chi connectivity index (χ1n) is 13.0. The predicted molar refractivity (Wildman–Crippen MR) is 144 cm³/mol. The molecule has 6 rings (SSSR count). The Bertz CT molecular complexity index is 1660. The largest absolute Gasteiger partial charge is 0.416 e. The third kappa shape index (κ3) is 4.79. The van der Waals surface area contributed by atoms with Gasteiger partial charge in [0, 0.05) is 36.1 Å². The van der Waals surface area contributed by atoms with Gasteiger partial charge >= 0.3 is 6.18 Å². The van der Waals surface area contributed by atoms with Crippen molar-refractivity contribution in [1.82, 2.24) is 14.8 Å². The zero-order valence-corrected chi connectivity index (χ0v) is 21.7.